The molecule has 5 aliphatic heterocycles. The van der Waals surface area contributed by atoms with Gasteiger partial charge in [0.25, 0.3) is 0 Å². The van der Waals surface area contributed by atoms with Gasteiger partial charge in [-0.05, 0) is 0 Å². The topological polar surface area (TPSA) is 584 Å². The van der Waals surface area contributed by atoms with E-state index in [4.69, 9.17) is 42.6 Å². The minimum Gasteiger partial charge on any atom is -0.394 e. The van der Waals surface area contributed by atoms with E-state index in [-0.39, 0.29) is 0 Å². The molecule has 5 rings (SSSR count). The Labute approximate surface area is 435 Å². The van der Waals surface area contributed by atoms with Crippen LogP contribution in [-0.2, 0) is 101 Å². The Kier molecular flexibility index (Phi) is 22.7. The van der Waals surface area contributed by atoms with Crippen LogP contribution in [0.3, 0.4) is 0 Å². The van der Waals surface area contributed by atoms with Crippen LogP contribution in [0.4, 0.5) is 0 Å². The van der Waals surface area contributed by atoms with Crippen molar-refractivity contribution in [3.63, 3.8) is 0 Å². The summed E-state index contributed by atoms with van der Waals surface area (Å²) >= 11 is 0. The van der Waals surface area contributed by atoms with E-state index < -0.39 is 235 Å². The Bertz CT molecular complexity index is 2330. The van der Waals surface area contributed by atoms with Gasteiger partial charge in [0.1, 0.15) is 122 Å². The number of aliphatic hydroxyl groups is 11. The van der Waals surface area contributed by atoms with E-state index in [0.717, 1.165) is 20.8 Å². The number of amides is 3. The first-order valence-corrected chi connectivity index (χ1v) is 26.6. The fourth-order valence-corrected chi connectivity index (χ4v) is 9.58. The Morgan fingerprint density at radius 2 is 0.701 bits per heavy atom. The van der Waals surface area contributed by atoms with Crippen molar-refractivity contribution < 1.29 is 165 Å². The van der Waals surface area contributed by atoms with Crippen molar-refractivity contribution >= 4 is 48.9 Å². The lowest BCUT2D eigenvalue weighted by Crippen LogP contribution is -2.70. The van der Waals surface area contributed by atoms with E-state index in [0.29, 0.717) is 0 Å². The SMILES string of the molecule is CC(=O)N[C@H]1[C@H](O[C@H]2[C@@H](O)[C@@H](COS(=O)(=O)O)O[C@@H](O[C@H]3[C@H](O)[C@@H](NC(C)=O)C(O)O[C@@H]3COS(=O)(=O)O)[C@@H]2O)O[C@H](COS(=O)(=O)O)[C@@H](O[C@@H]2O[C@H](CO)[C@H](O)[C@H](O[C@@H]3O[C@H](CO)[C@@H](O)[C@H](O)[C@H]3NC(C)=O)[C@H]2O)[C@@H]1O. The van der Waals surface area contributed by atoms with Crippen LogP contribution in [0, 0.1) is 0 Å². The van der Waals surface area contributed by atoms with Crippen LogP contribution >= 0.6 is 0 Å². The first-order valence-electron chi connectivity index (χ1n) is 22.5. The summed E-state index contributed by atoms with van der Waals surface area (Å²) in [6.07, 6.45) is -47.6. The predicted molar refractivity (Wildman–Crippen MR) is 233 cm³/mol. The van der Waals surface area contributed by atoms with Crippen molar-refractivity contribution in [1.82, 2.24) is 16.0 Å². The normalized spacial score (nSPS) is 42.3. The number of carbonyl (C=O) groups is 3. The molecule has 41 heteroatoms. The fraction of sp³-hybridized carbons (Fsp3) is 0.917. The smallest absolute Gasteiger partial charge is 0.394 e. The van der Waals surface area contributed by atoms with Crippen molar-refractivity contribution in [2.24, 2.45) is 0 Å². The molecule has 38 nitrogen and oxygen atoms in total. The molecule has 3 amide bonds. The molecular formula is C36H61N3O35S3. The number of carbonyl (C=O) groups excluding carboxylic acids is 3. The molecule has 0 saturated carbocycles. The van der Waals surface area contributed by atoms with Crippen LogP contribution in [0.2, 0.25) is 0 Å². The van der Waals surface area contributed by atoms with Crippen molar-refractivity contribution in [2.75, 3.05) is 33.0 Å². The second-order valence-corrected chi connectivity index (χ2v) is 21.0. The molecule has 5 heterocycles. The van der Waals surface area contributed by atoms with Gasteiger partial charge in [0.15, 0.2) is 31.5 Å². The lowest BCUT2D eigenvalue weighted by molar-refractivity contribution is -0.382. The summed E-state index contributed by atoms with van der Waals surface area (Å²) in [4.78, 5) is 36.8. The molecule has 0 aromatic rings. The minimum absolute atomic E-state index is 0.821. The fourth-order valence-electron chi connectivity index (χ4n) is 8.66. The first kappa shape index (κ1) is 65.0. The quantitative estimate of drug-likeness (QED) is 0.0448. The van der Waals surface area contributed by atoms with Crippen LogP contribution in [0.1, 0.15) is 20.8 Å². The van der Waals surface area contributed by atoms with Gasteiger partial charge in [-0.25, -0.2) is 12.5 Å². The molecule has 5 fully saturated rings. The number of nitrogens with one attached hydrogen (secondary N) is 3. The maximum Gasteiger partial charge on any atom is 0.397 e. The van der Waals surface area contributed by atoms with E-state index in [1.807, 2.05) is 0 Å². The maximum atomic E-state index is 12.7. The van der Waals surface area contributed by atoms with Crippen molar-refractivity contribution in [3.05, 3.63) is 0 Å². The zero-order valence-electron chi connectivity index (χ0n) is 40.0. The van der Waals surface area contributed by atoms with Gasteiger partial charge in [-0.1, -0.05) is 0 Å². The summed E-state index contributed by atoms with van der Waals surface area (Å²) in [6, 6.07) is -5.62. The summed E-state index contributed by atoms with van der Waals surface area (Å²) in [5.41, 5.74) is 0. The summed E-state index contributed by atoms with van der Waals surface area (Å²) in [6.45, 7) is -3.41. The third-order valence-electron chi connectivity index (χ3n) is 12.1. The van der Waals surface area contributed by atoms with Gasteiger partial charge in [-0.3, -0.25) is 28.0 Å². The highest BCUT2D eigenvalue weighted by molar-refractivity contribution is 7.81. The van der Waals surface area contributed by atoms with Crippen LogP contribution < -0.4 is 16.0 Å². The molecule has 17 N–H and O–H groups in total. The lowest BCUT2D eigenvalue weighted by atomic mass is 9.94. The maximum absolute atomic E-state index is 12.7. The Hall–Kier alpha value is -2.78. The van der Waals surface area contributed by atoms with E-state index in [9.17, 15) is 109 Å². The van der Waals surface area contributed by atoms with Gasteiger partial charge < -0.3 is 115 Å². The van der Waals surface area contributed by atoms with Crippen molar-refractivity contribution in [2.45, 2.75) is 174 Å². The van der Waals surface area contributed by atoms with Crippen molar-refractivity contribution in [1.29, 1.82) is 0 Å². The van der Waals surface area contributed by atoms with E-state index in [2.05, 4.69) is 28.5 Å². The summed E-state index contributed by atoms with van der Waals surface area (Å²) < 4.78 is 162. The third-order valence-corrected chi connectivity index (χ3v) is 13.4. The van der Waals surface area contributed by atoms with E-state index >= 15 is 0 Å². The van der Waals surface area contributed by atoms with Crippen LogP contribution in [-0.4, -0.2) is 299 Å². The zero-order chi connectivity index (χ0) is 57.8. The van der Waals surface area contributed by atoms with Gasteiger partial charge in [-0.15, -0.1) is 0 Å². The van der Waals surface area contributed by atoms with Gasteiger partial charge in [-0.2, -0.15) is 25.3 Å². The van der Waals surface area contributed by atoms with Gasteiger partial charge >= 0.3 is 31.2 Å². The molecule has 0 spiro atoms. The summed E-state index contributed by atoms with van der Waals surface area (Å²) in [5, 5.41) is 128. The number of hydrogen-bond donors (Lipinski definition) is 17. The number of ether oxygens (including phenoxy) is 9. The first-order chi connectivity index (χ1) is 35.6. The molecule has 0 aromatic carbocycles. The molecule has 0 bridgehead atoms. The van der Waals surface area contributed by atoms with Crippen LogP contribution in [0.25, 0.3) is 0 Å². The molecule has 5 saturated heterocycles. The molecular weight excluding hydrogens is 1130 g/mol. The standard InChI is InChI=1S/C36H61N3O35S3/c1-9(42)37-17-24(49)28(15(66-32(17)53)7-64-76(57,58)59)71-36-27(52)31(22(47)14(69-36)6-63-75(54,55)56)74-34-19(39-11(3)44)25(50)29(16(70-34)8-65-77(60,61)62)72-35-26(51)30(21(46)13(5-41)68-35)73-33-18(38-10(2)43)23(48)20(45)12(4-40)67-33/h12-36,40-41,45-53H,4-8H2,1-3H3,(H,37,42)(H,38,43)(H,39,44)(H,54,55,56)(H,57,58,59)(H,60,61,62)/t12-,13-,14-,15-,16-,17-,18-,19-,20-,21+,22+,23-,24-,25-,26-,27-,28-,29-,30+,31+,32?,33+,34+,35+,36+/m1/s1. The monoisotopic (exact) mass is 1190 g/mol. The number of aliphatic hydroxyl groups excluding tert-OH is 11. The minimum atomic E-state index is -5.48. The molecule has 0 aliphatic carbocycles. The Balaban J connectivity index is 1.50. The highest BCUT2D eigenvalue weighted by Crippen LogP contribution is 2.36. The van der Waals surface area contributed by atoms with Crippen LogP contribution in [0.15, 0.2) is 0 Å². The molecule has 77 heavy (non-hydrogen) atoms. The Morgan fingerprint density at radius 3 is 1.12 bits per heavy atom. The molecule has 0 aromatic heterocycles. The largest absolute Gasteiger partial charge is 0.397 e. The van der Waals surface area contributed by atoms with E-state index in [1.165, 1.54) is 0 Å². The molecule has 448 valence electrons. The molecule has 0 radical (unpaired) electrons. The summed E-state index contributed by atoms with van der Waals surface area (Å²) in [7, 11) is -16.2. The van der Waals surface area contributed by atoms with Gasteiger partial charge in [0.05, 0.1) is 33.0 Å². The van der Waals surface area contributed by atoms with Gasteiger partial charge in [0, 0.05) is 20.8 Å². The number of hydrogen-bond acceptors (Lipinski definition) is 32. The van der Waals surface area contributed by atoms with Crippen LogP contribution in [0.5, 0.6) is 0 Å². The predicted octanol–water partition coefficient (Wildman–Crippen LogP) is -12.0. The lowest BCUT2D eigenvalue weighted by Gasteiger charge is -2.50. The van der Waals surface area contributed by atoms with E-state index in [1.54, 1.807) is 0 Å². The molecule has 1 unspecified atom stereocenters. The number of rotatable bonds is 22. The molecule has 5 aliphatic rings. The highest BCUT2D eigenvalue weighted by Gasteiger charge is 2.58. The Morgan fingerprint density at radius 1 is 0.390 bits per heavy atom. The van der Waals surface area contributed by atoms with Crippen molar-refractivity contribution in [3.8, 4) is 0 Å². The highest BCUT2D eigenvalue weighted by atomic mass is 32.3. The second-order valence-electron chi connectivity index (χ2n) is 17.7. The molecule has 25 atom stereocenters. The average Bonchev–Trinajstić information content (AvgIpc) is 3.31. The zero-order valence-corrected chi connectivity index (χ0v) is 42.5. The summed E-state index contributed by atoms with van der Waals surface area (Å²) in [5.74, 6) is -2.77. The third kappa shape index (κ3) is 17.1. The average molecular weight is 1190 g/mol. The second kappa shape index (κ2) is 26.9. The van der Waals surface area contributed by atoms with Gasteiger partial charge in [0.2, 0.25) is 17.7 Å².